The third-order valence-electron chi connectivity index (χ3n) is 2.90. The number of ether oxygens (including phenoxy) is 3. The maximum atomic E-state index is 11.6. The largest absolute Gasteiger partial charge is 0.467 e. The van der Waals surface area contributed by atoms with Crippen molar-refractivity contribution in [3.63, 3.8) is 0 Å². The number of nitrogens with one attached hydrogen (secondary N) is 1. The van der Waals surface area contributed by atoms with Crippen molar-refractivity contribution < 1.29 is 23.8 Å². The van der Waals surface area contributed by atoms with Gasteiger partial charge in [0, 0.05) is 26.6 Å². The van der Waals surface area contributed by atoms with Crippen molar-refractivity contribution in [2.24, 2.45) is 5.92 Å². The molecule has 0 aliphatic heterocycles. The van der Waals surface area contributed by atoms with Crippen LogP contribution in [0.3, 0.4) is 0 Å². The number of carbonyl (C=O) groups excluding carboxylic acids is 2. The first kappa shape index (κ1) is 18.6. The van der Waals surface area contributed by atoms with Gasteiger partial charge >= 0.3 is 5.97 Å². The molecule has 20 heavy (non-hydrogen) atoms. The van der Waals surface area contributed by atoms with Crippen molar-refractivity contribution in [2.45, 2.75) is 32.4 Å². The molecule has 0 aliphatic carbocycles. The van der Waals surface area contributed by atoms with Crippen molar-refractivity contribution in [3.8, 4) is 0 Å². The summed E-state index contributed by atoms with van der Waals surface area (Å²) in [7, 11) is 4.52. The standard InChI is InChI=1S/C14H25NO5/c1-10(12(19-4)9-18-3)7-6-8-13(16)15-11(2)14(17)20-5/h6-7,10-12H,8-9H2,1-5H3,(H,15,16)/b7-6+/t10-,11+,12-/m1/s1. The number of hydrogen-bond donors (Lipinski definition) is 1. The monoisotopic (exact) mass is 287 g/mol. The van der Waals surface area contributed by atoms with Gasteiger partial charge < -0.3 is 19.5 Å². The fraction of sp³-hybridized carbons (Fsp3) is 0.714. The molecule has 6 heteroatoms. The molecular weight excluding hydrogens is 262 g/mol. The summed E-state index contributed by atoms with van der Waals surface area (Å²) in [4.78, 5) is 22.7. The van der Waals surface area contributed by atoms with Crippen LogP contribution in [-0.2, 0) is 23.8 Å². The SMILES string of the molecule is COC[C@@H](OC)[C@H](C)/C=C/CC(=O)N[C@@H](C)C(=O)OC. The summed E-state index contributed by atoms with van der Waals surface area (Å²) in [5.41, 5.74) is 0. The second-order valence-corrected chi connectivity index (χ2v) is 4.53. The number of amides is 1. The molecule has 0 rings (SSSR count). The maximum absolute atomic E-state index is 11.6. The van der Waals surface area contributed by atoms with Gasteiger partial charge in [-0.25, -0.2) is 4.79 Å². The molecule has 0 aliphatic rings. The van der Waals surface area contributed by atoms with Crippen LogP contribution in [-0.4, -0.2) is 52.0 Å². The van der Waals surface area contributed by atoms with Crippen LogP contribution in [0.1, 0.15) is 20.3 Å². The van der Waals surface area contributed by atoms with Crippen molar-refractivity contribution in [1.29, 1.82) is 0 Å². The summed E-state index contributed by atoms with van der Waals surface area (Å²) in [6.07, 6.45) is 3.81. The lowest BCUT2D eigenvalue weighted by molar-refractivity contribution is -0.144. The molecule has 1 N–H and O–H groups in total. The van der Waals surface area contributed by atoms with E-state index in [9.17, 15) is 9.59 Å². The Kier molecular flexibility index (Phi) is 9.67. The van der Waals surface area contributed by atoms with E-state index in [2.05, 4.69) is 10.1 Å². The smallest absolute Gasteiger partial charge is 0.328 e. The molecule has 0 heterocycles. The number of rotatable bonds is 9. The van der Waals surface area contributed by atoms with Gasteiger partial charge in [-0.3, -0.25) is 4.79 Å². The molecule has 1 amide bonds. The molecule has 0 radical (unpaired) electrons. The second kappa shape index (κ2) is 10.4. The van der Waals surface area contributed by atoms with Crippen LogP contribution in [0.25, 0.3) is 0 Å². The molecule has 0 aromatic carbocycles. The average Bonchev–Trinajstić information content (AvgIpc) is 2.43. The van der Waals surface area contributed by atoms with Gasteiger partial charge in [0.25, 0.3) is 0 Å². The van der Waals surface area contributed by atoms with Crippen LogP contribution in [0.4, 0.5) is 0 Å². The van der Waals surface area contributed by atoms with E-state index in [0.29, 0.717) is 6.61 Å². The van der Waals surface area contributed by atoms with Crippen LogP contribution in [0.2, 0.25) is 0 Å². The number of hydrogen-bond acceptors (Lipinski definition) is 5. The van der Waals surface area contributed by atoms with Crippen molar-refractivity contribution >= 4 is 11.9 Å². The molecular formula is C14H25NO5. The van der Waals surface area contributed by atoms with Gasteiger partial charge in [0.05, 0.1) is 19.8 Å². The summed E-state index contributed by atoms with van der Waals surface area (Å²) in [6, 6.07) is -0.640. The highest BCUT2D eigenvalue weighted by Crippen LogP contribution is 2.09. The first-order valence-electron chi connectivity index (χ1n) is 6.51. The highest BCUT2D eigenvalue weighted by Gasteiger charge is 2.16. The van der Waals surface area contributed by atoms with E-state index >= 15 is 0 Å². The van der Waals surface area contributed by atoms with E-state index in [-0.39, 0.29) is 24.3 Å². The normalized spacial score (nSPS) is 15.7. The van der Waals surface area contributed by atoms with E-state index in [1.165, 1.54) is 7.11 Å². The molecule has 0 aromatic heterocycles. The van der Waals surface area contributed by atoms with Crippen LogP contribution in [0.5, 0.6) is 0 Å². The van der Waals surface area contributed by atoms with Crippen molar-refractivity contribution in [2.75, 3.05) is 27.9 Å². The number of methoxy groups -OCH3 is 3. The zero-order chi connectivity index (χ0) is 15.5. The van der Waals surface area contributed by atoms with Crippen LogP contribution >= 0.6 is 0 Å². The lowest BCUT2D eigenvalue weighted by Crippen LogP contribution is -2.38. The Morgan fingerprint density at radius 3 is 2.35 bits per heavy atom. The minimum atomic E-state index is -0.640. The summed E-state index contributed by atoms with van der Waals surface area (Å²) in [5, 5.41) is 2.55. The summed E-state index contributed by atoms with van der Waals surface area (Å²) < 4.78 is 14.9. The molecule has 116 valence electrons. The topological polar surface area (TPSA) is 73.9 Å². The molecule has 0 spiro atoms. The fourth-order valence-electron chi connectivity index (χ4n) is 1.65. The van der Waals surface area contributed by atoms with Crippen LogP contribution < -0.4 is 5.32 Å². The molecule has 0 saturated carbocycles. The van der Waals surface area contributed by atoms with E-state index in [0.717, 1.165) is 0 Å². The van der Waals surface area contributed by atoms with Crippen molar-refractivity contribution in [1.82, 2.24) is 5.32 Å². The Labute approximate surface area is 120 Å². The number of carbonyl (C=O) groups is 2. The van der Waals surface area contributed by atoms with Crippen molar-refractivity contribution in [3.05, 3.63) is 12.2 Å². The molecule has 3 atom stereocenters. The maximum Gasteiger partial charge on any atom is 0.328 e. The van der Waals surface area contributed by atoms with Crippen LogP contribution in [0, 0.1) is 5.92 Å². The van der Waals surface area contributed by atoms with Crippen LogP contribution in [0.15, 0.2) is 12.2 Å². The Morgan fingerprint density at radius 1 is 1.20 bits per heavy atom. The number of esters is 1. The Hall–Kier alpha value is -1.40. The van der Waals surface area contributed by atoms with Gasteiger partial charge in [-0.05, 0) is 6.92 Å². The van der Waals surface area contributed by atoms with E-state index in [1.54, 1.807) is 27.2 Å². The third kappa shape index (κ3) is 7.25. The molecule has 0 saturated heterocycles. The van der Waals surface area contributed by atoms with E-state index < -0.39 is 12.0 Å². The summed E-state index contributed by atoms with van der Waals surface area (Å²) in [5.74, 6) is -0.562. The molecule has 0 fully saturated rings. The van der Waals surface area contributed by atoms with E-state index in [1.807, 2.05) is 13.0 Å². The van der Waals surface area contributed by atoms with Gasteiger partial charge in [-0.2, -0.15) is 0 Å². The average molecular weight is 287 g/mol. The molecule has 0 unspecified atom stereocenters. The van der Waals surface area contributed by atoms with Gasteiger partial charge in [0.2, 0.25) is 5.91 Å². The molecule has 0 aromatic rings. The predicted octanol–water partition coefficient (Wildman–Crippen LogP) is 0.908. The van der Waals surface area contributed by atoms with E-state index in [4.69, 9.17) is 9.47 Å². The summed E-state index contributed by atoms with van der Waals surface area (Å²) in [6.45, 7) is 4.06. The Bertz CT molecular complexity index is 330. The Balaban J connectivity index is 4.16. The minimum absolute atomic E-state index is 0.0479. The quantitative estimate of drug-likeness (QED) is 0.504. The second-order valence-electron chi connectivity index (χ2n) is 4.53. The highest BCUT2D eigenvalue weighted by atomic mass is 16.5. The lowest BCUT2D eigenvalue weighted by atomic mass is 10.0. The summed E-state index contributed by atoms with van der Waals surface area (Å²) >= 11 is 0. The lowest BCUT2D eigenvalue weighted by Gasteiger charge is -2.18. The van der Waals surface area contributed by atoms with Gasteiger partial charge in [0.15, 0.2) is 0 Å². The highest BCUT2D eigenvalue weighted by molar-refractivity contribution is 5.84. The third-order valence-corrected chi connectivity index (χ3v) is 2.90. The van der Waals surface area contributed by atoms with Gasteiger partial charge in [-0.1, -0.05) is 19.1 Å². The Morgan fingerprint density at radius 2 is 1.85 bits per heavy atom. The predicted molar refractivity (Wildman–Crippen MR) is 75.2 cm³/mol. The first-order chi connectivity index (χ1) is 9.46. The fourth-order valence-corrected chi connectivity index (χ4v) is 1.65. The molecule has 0 bridgehead atoms. The first-order valence-corrected chi connectivity index (χ1v) is 6.51. The molecule has 6 nitrogen and oxygen atoms in total. The van der Waals surface area contributed by atoms with Gasteiger partial charge in [0.1, 0.15) is 6.04 Å². The minimum Gasteiger partial charge on any atom is -0.467 e. The zero-order valence-electron chi connectivity index (χ0n) is 12.8. The zero-order valence-corrected chi connectivity index (χ0v) is 12.8. The van der Waals surface area contributed by atoms with Gasteiger partial charge in [-0.15, -0.1) is 0 Å².